The summed E-state index contributed by atoms with van der Waals surface area (Å²) in [5.41, 5.74) is -2.29. The molecule has 18 heavy (non-hydrogen) atoms. The van der Waals surface area contributed by atoms with Gasteiger partial charge in [0.05, 0.1) is 0 Å². The topological polar surface area (TPSA) is 40.5 Å². The van der Waals surface area contributed by atoms with Crippen LogP contribution < -0.4 is 0 Å². The van der Waals surface area contributed by atoms with Gasteiger partial charge in [0.1, 0.15) is 0 Å². The second-order valence-corrected chi connectivity index (χ2v) is 4.99. The largest absolute Gasteiger partial charge is 0.362 e. The average molecular weight is 253 g/mol. The Hall–Kier alpha value is -1.49. The Balaban J connectivity index is 2.26. The lowest BCUT2D eigenvalue weighted by Crippen LogP contribution is -2.62. The number of rotatable bonds is 0. The zero-order chi connectivity index (χ0) is 13.1. The number of carbonyl (C=O) groups excluding carboxylic acids is 1. The standard InChI is InChI=1S/C13H13F2NO2/c1-8-6-7-16-11(17)9-4-2-3-5-10(9)13(16,18)12(8,14)15/h2-5,8,18H,6-7H2,1H3/t8-,13+/m1/s1. The van der Waals surface area contributed by atoms with Crippen molar-refractivity contribution in [2.75, 3.05) is 6.54 Å². The predicted octanol–water partition coefficient (Wildman–Crippen LogP) is 1.96. The number of piperidine rings is 1. The van der Waals surface area contributed by atoms with E-state index in [9.17, 15) is 18.7 Å². The van der Waals surface area contributed by atoms with Crippen molar-refractivity contribution in [3.8, 4) is 0 Å². The third kappa shape index (κ3) is 1.08. The normalized spacial score (nSPS) is 33.2. The Morgan fingerprint density at radius 3 is 2.78 bits per heavy atom. The molecule has 0 radical (unpaired) electrons. The number of nitrogens with zero attached hydrogens (tertiary/aromatic N) is 1. The number of fused-ring (bicyclic) bond motifs is 3. The lowest BCUT2D eigenvalue weighted by molar-refractivity contribution is -0.285. The van der Waals surface area contributed by atoms with Gasteiger partial charge >= 0.3 is 5.92 Å². The van der Waals surface area contributed by atoms with E-state index in [2.05, 4.69) is 0 Å². The van der Waals surface area contributed by atoms with Crippen LogP contribution in [0.1, 0.15) is 29.3 Å². The third-order valence-corrected chi connectivity index (χ3v) is 4.04. The van der Waals surface area contributed by atoms with Crippen LogP contribution in [0.25, 0.3) is 0 Å². The van der Waals surface area contributed by atoms with E-state index >= 15 is 0 Å². The maximum atomic E-state index is 14.3. The van der Waals surface area contributed by atoms with Crippen molar-refractivity contribution in [1.29, 1.82) is 0 Å². The summed E-state index contributed by atoms with van der Waals surface area (Å²) in [5.74, 6) is -4.81. The van der Waals surface area contributed by atoms with Crippen LogP contribution in [-0.2, 0) is 5.72 Å². The molecule has 1 fully saturated rings. The van der Waals surface area contributed by atoms with Gasteiger partial charge in [0, 0.05) is 23.6 Å². The molecule has 2 heterocycles. The van der Waals surface area contributed by atoms with Gasteiger partial charge in [-0.15, -0.1) is 0 Å². The maximum Gasteiger partial charge on any atom is 0.301 e. The summed E-state index contributed by atoms with van der Waals surface area (Å²) < 4.78 is 28.7. The van der Waals surface area contributed by atoms with E-state index in [1.54, 1.807) is 12.1 Å². The van der Waals surface area contributed by atoms with Gasteiger partial charge in [-0.25, -0.2) is 8.78 Å². The van der Waals surface area contributed by atoms with E-state index in [0.29, 0.717) is 0 Å². The number of amides is 1. The first-order chi connectivity index (χ1) is 8.40. The Morgan fingerprint density at radius 2 is 2.06 bits per heavy atom. The minimum atomic E-state index is -3.34. The number of aliphatic hydroxyl groups is 1. The number of benzene rings is 1. The van der Waals surface area contributed by atoms with Crippen molar-refractivity contribution in [1.82, 2.24) is 4.90 Å². The molecule has 96 valence electrons. The molecule has 1 N–H and O–H groups in total. The van der Waals surface area contributed by atoms with Crippen molar-refractivity contribution in [3.63, 3.8) is 0 Å². The summed E-state index contributed by atoms with van der Waals surface area (Å²) in [4.78, 5) is 13.0. The Labute approximate surface area is 103 Å². The zero-order valence-electron chi connectivity index (χ0n) is 9.86. The molecule has 3 rings (SSSR count). The molecule has 1 aromatic rings. The van der Waals surface area contributed by atoms with E-state index in [-0.39, 0.29) is 24.1 Å². The van der Waals surface area contributed by atoms with Crippen molar-refractivity contribution < 1.29 is 18.7 Å². The number of hydrogen-bond acceptors (Lipinski definition) is 2. The molecule has 0 spiro atoms. The summed E-state index contributed by atoms with van der Waals surface area (Å²) in [5, 5.41) is 10.5. The Kier molecular flexibility index (Phi) is 2.12. The fourth-order valence-electron chi connectivity index (χ4n) is 2.88. The second-order valence-electron chi connectivity index (χ2n) is 4.99. The minimum Gasteiger partial charge on any atom is -0.362 e. The van der Waals surface area contributed by atoms with Crippen LogP contribution in [0.5, 0.6) is 0 Å². The van der Waals surface area contributed by atoms with Crippen LogP contribution in [0, 0.1) is 5.92 Å². The molecule has 1 aromatic carbocycles. The Bertz CT molecular complexity index is 531. The maximum absolute atomic E-state index is 14.3. The lowest BCUT2D eigenvalue weighted by Gasteiger charge is -2.47. The molecular formula is C13H13F2NO2. The average Bonchev–Trinajstić information content (AvgIpc) is 2.57. The molecule has 0 aromatic heterocycles. The fourth-order valence-corrected chi connectivity index (χ4v) is 2.88. The van der Waals surface area contributed by atoms with E-state index in [1.165, 1.54) is 19.1 Å². The number of alkyl halides is 2. The van der Waals surface area contributed by atoms with Crippen molar-refractivity contribution in [3.05, 3.63) is 35.4 Å². The van der Waals surface area contributed by atoms with Crippen LogP contribution in [-0.4, -0.2) is 28.4 Å². The molecule has 0 bridgehead atoms. The van der Waals surface area contributed by atoms with Gasteiger partial charge in [-0.3, -0.25) is 4.79 Å². The summed E-state index contributed by atoms with van der Waals surface area (Å²) in [7, 11) is 0. The highest BCUT2D eigenvalue weighted by molar-refractivity contribution is 6.00. The van der Waals surface area contributed by atoms with Gasteiger partial charge in [0.15, 0.2) is 0 Å². The van der Waals surface area contributed by atoms with E-state index in [4.69, 9.17) is 0 Å². The minimum absolute atomic E-state index is 0.0200. The highest BCUT2D eigenvalue weighted by Crippen LogP contribution is 2.53. The number of carbonyl (C=O) groups is 1. The van der Waals surface area contributed by atoms with Gasteiger partial charge < -0.3 is 10.0 Å². The van der Waals surface area contributed by atoms with Gasteiger partial charge in [-0.1, -0.05) is 25.1 Å². The molecule has 0 saturated carbocycles. The molecular weight excluding hydrogens is 240 g/mol. The zero-order valence-corrected chi connectivity index (χ0v) is 9.86. The molecule has 1 saturated heterocycles. The van der Waals surface area contributed by atoms with Crippen molar-refractivity contribution in [2.24, 2.45) is 5.92 Å². The van der Waals surface area contributed by atoms with Crippen molar-refractivity contribution >= 4 is 5.91 Å². The van der Waals surface area contributed by atoms with Crippen LogP contribution in [0.2, 0.25) is 0 Å². The SMILES string of the molecule is C[C@@H]1CCN2C(=O)c3ccccc3[C@]2(O)C1(F)F. The van der Waals surface area contributed by atoms with Gasteiger partial charge in [-0.05, 0) is 12.5 Å². The van der Waals surface area contributed by atoms with Crippen LogP contribution in [0.3, 0.4) is 0 Å². The summed E-state index contributed by atoms with van der Waals surface area (Å²) in [6.45, 7) is 1.56. The first-order valence-corrected chi connectivity index (χ1v) is 5.92. The molecule has 3 nitrogen and oxygen atoms in total. The summed E-state index contributed by atoms with van der Waals surface area (Å²) >= 11 is 0. The highest BCUT2D eigenvalue weighted by Gasteiger charge is 2.67. The van der Waals surface area contributed by atoms with Gasteiger partial charge in [0.25, 0.3) is 5.91 Å². The van der Waals surface area contributed by atoms with Gasteiger partial charge in [0.2, 0.25) is 5.72 Å². The van der Waals surface area contributed by atoms with Gasteiger partial charge in [-0.2, -0.15) is 0 Å². The first-order valence-electron chi connectivity index (χ1n) is 5.92. The summed E-state index contributed by atoms with van der Waals surface area (Å²) in [6.07, 6.45) is 0.190. The van der Waals surface area contributed by atoms with Crippen LogP contribution in [0.4, 0.5) is 8.78 Å². The van der Waals surface area contributed by atoms with E-state index in [1.807, 2.05) is 0 Å². The van der Waals surface area contributed by atoms with Crippen LogP contribution in [0.15, 0.2) is 24.3 Å². The summed E-state index contributed by atoms with van der Waals surface area (Å²) in [6, 6.07) is 6.05. The monoisotopic (exact) mass is 253 g/mol. The molecule has 1 amide bonds. The van der Waals surface area contributed by atoms with E-state index in [0.717, 1.165) is 4.90 Å². The molecule has 5 heteroatoms. The molecule has 2 atom stereocenters. The molecule has 0 unspecified atom stereocenters. The lowest BCUT2D eigenvalue weighted by atomic mass is 9.83. The predicted molar refractivity (Wildman–Crippen MR) is 60.1 cm³/mol. The second kappa shape index (κ2) is 3.29. The smallest absolute Gasteiger partial charge is 0.301 e. The quantitative estimate of drug-likeness (QED) is 0.767. The fraction of sp³-hybridized carbons (Fsp3) is 0.462. The molecule has 2 aliphatic heterocycles. The van der Waals surface area contributed by atoms with E-state index < -0.39 is 23.5 Å². The third-order valence-electron chi connectivity index (χ3n) is 4.04. The van der Waals surface area contributed by atoms with Crippen molar-refractivity contribution in [2.45, 2.75) is 25.0 Å². The molecule has 2 aliphatic rings. The molecule has 0 aliphatic carbocycles. The van der Waals surface area contributed by atoms with Crippen LogP contribution >= 0.6 is 0 Å². The number of hydrogen-bond donors (Lipinski definition) is 1. The Morgan fingerprint density at radius 1 is 1.39 bits per heavy atom. The number of halogens is 2. The highest BCUT2D eigenvalue weighted by atomic mass is 19.3. The first kappa shape index (κ1) is 11.6.